The number of hydrogen-bond donors (Lipinski definition) is 2. The highest BCUT2D eigenvalue weighted by Crippen LogP contribution is 2.15. The van der Waals surface area contributed by atoms with Crippen LogP contribution in [0.5, 0.6) is 0 Å². The zero-order valence-corrected chi connectivity index (χ0v) is 15.8. The van der Waals surface area contributed by atoms with E-state index < -0.39 is 23.3 Å². The third kappa shape index (κ3) is 10.5. The highest BCUT2D eigenvalue weighted by molar-refractivity contribution is 5.95. The number of carboxylic acid groups (broad SMARTS) is 1. The number of aliphatic imine (C=N–C) groups is 1. The number of nitrogens with zero attached hydrogens (tertiary/aromatic N) is 2. The van der Waals surface area contributed by atoms with Crippen molar-refractivity contribution < 1.29 is 24.2 Å². The molecule has 0 aromatic rings. The van der Waals surface area contributed by atoms with Gasteiger partial charge in [0, 0.05) is 7.05 Å². The van der Waals surface area contributed by atoms with Crippen LogP contribution in [0.2, 0.25) is 0 Å². The highest BCUT2D eigenvalue weighted by Gasteiger charge is 2.21. The number of alkyl carbamates (subject to hydrolysis) is 1. The number of guanidine groups is 1. The summed E-state index contributed by atoms with van der Waals surface area (Å²) in [6.07, 6.45) is 0.890. The highest BCUT2D eigenvalue weighted by atomic mass is 16.6. The number of likely N-dealkylation sites (N-methyl/N-ethyl adjacent to an activating group) is 1. The number of aliphatic carboxylic acids is 1. The first kappa shape index (κ1) is 21.8. The van der Waals surface area contributed by atoms with Gasteiger partial charge in [-0.3, -0.25) is 10.1 Å². The van der Waals surface area contributed by atoms with Crippen LogP contribution in [0.4, 0.5) is 4.79 Å². The van der Waals surface area contributed by atoms with Crippen LogP contribution < -0.4 is 5.32 Å². The first-order valence-corrected chi connectivity index (χ1v) is 7.60. The fourth-order valence-corrected chi connectivity index (χ4v) is 1.45. The van der Waals surface area contributed by atoms with Gasteiger partial charge in [-0.25, -0.2) is 4.79 Å². The number of rotatable bonds is 4. The molecule has 138 valence electrons. The predicted octanol–water partition coefficient (Wildman–Crippen LogP) is 2.56. The molecule has 0 atom stereocenters. The van der Waals surface area contributed by atoms with Crippen LogP contribution in [-0.2, 0) is 14.3 Å². The molecule has 0 rings (SSSR count). The van der Waals surface area contributed by atoms with E-state index in [0.29, 0.717) is 0 Å². The fraction of sp³-hybridized carbons (Fsp3) is 0.688. The predicted molar refractivity (Wildman–Crippen MR) is 91.7 cm³/mol. The molecular formula is C16H29N3O5. The van der Waals surface area contributed by atoms with Gasteiger partial charge >= 0.3 is 12.1 Å². The van der Waals surface area contributed by atoms with E-state index in [9.17, 15) is 9.59 Å². The van der Waals surface area contributed by atoms with E-state index >= 15 is 0 Å². The number of nitrogens with one attached hydrogen (secondary N) is 1. The lowest BCUT2D eigenvalue weighted by Crippen LogP contribution is -2.46. The molecule has 0 aromatic carbocycles. The maximum absolute atomic E-state index is 12.0. The Kier molecular flexibility index (Phi) is 7.76. The zero-order valence-electron chi connectivity index (χ0n) is 15.8. The summed E-state index contributed by atoms with van der Waals surface area (Å²) in [6, 6.07) is 0. The lowest BCUT2D eigenvalue weighted by atomic mass is 10.2. The van der Waals surface area contributed by atoms with Crippen molar-refractivity contribution in [3.8, 4) is 0 Å². The first-order chi connectivity index (χ1) is 10.7. The van der Waals surface area contributed by atoms with Crippen molar-refractivity contribution in [1.82, 2.24) is 10.2 Å². The SMILES string of the molecule is CC=C(N=C(NC(=O)OC(C)(C)C)N(C)CC(=O)O)OC(C)(C)C. The van der Waals surface area contributed by atoms with Crippen molar-refractivity contribution in [1.29, 1.82) is 0 Å². The Morgan fingerprint density at radius 1 is 1.12 bits per heavy atom. The van der Waals surface area contributed by atoms with E-state index in [1.54, 1.807) is 33.8 Å². The maximum atomic E-state index is 12.0. The van der Waals surface area contributed by atoms with Gasteiger partial charge in [-0.05, 0) is 54.5 Å². The molecule has 1 amide bonds. The van der Waals surface area contributed by atoms with Crippen LogP contribution in [-0.4, -0.2) is 52.8 Å². The minimum Gasteiger partial charge on any atom is -0.480 e. The van der Waals surface area contributed by atoms with E-state index in [1.165, 1.54) is 11.9 Å². The summed E-state index contributed by atoms with van der Waals surface area (Å²) >= 11 is 0. The van der Waals surface area contributed by atoms with E-state index in [-0.39, 0.29) is 18.4 Å². The zero-order chi connectivity index (χ0) is 19.1. The molecule has 2 N–H and O–H groups in total. The quantitative estimate of drug-likeness (QED) is 0.462. The number of carbonyl (C=O) groups excluding carboxylic acids is 1. The second-order valence-corrected chi connectivity index (χ2v) is 7.15. The Morgan fingerprint density at radius 2 is 1.62 bits per heavy atom. The van der Waals surface area contributed by atoms with Crippen LogP contribution in [0.25, 0.3) is 0 Å². The van der Waals surface area contributed by atoms with Crippen LogP contribution in [0.3, 0.4) is 0 Å². The Hall–Kier alpha value is -2.25. The number of allylic oxidation sites excluding steroid dienone is 1. The topological polar surface area (TPSA) is 100 Å². The smallest absolute Gasteiger partial charge is 0.414 e. The molecule has 0 heterocycles. The van der Waals surface area contributed by atoms with E-state index in [4.69, 9.17) is 14.6 Å². The Labute approximate surface area is 143 Å². The van der Waals surface area contributed by atoms with Gasteiger partial charge in [0.15, 0.2) is 0 Å². The van der Waals surface area contributed by atoms with Gasteiger partial charge in [0.1, 0.15) is 17.7 Å². The summed E-state index contributed by atoms with van der Waals surface area (Å²) in [5.41, 5.74) is -1.18. The molecule has 0 aliphatic heterocycles. The lowest BCUT2D eigenvalue weighted by Gasteiger charge is -2.25. The summed E-state index contributed by atoms with van der Waals surface area (Å²) in [7, 11) is 1.49. The third-order valence-electron chi connectivity index (χ3n) is 2.22. The number of carboxylic acids is 1. The minimum absolute atomic E-state index is 0.0176. The number of carbonyl (C=O) groups is 2. The second-order valence-electron chi connectivity index (χ2n) is 7.15. The molecule has 24 heavy (non-hydrogen) atoms. The number of ether oxygens (including phenoxy) is 2. The average Bonchev–Trinajstić information content (AvgIpc) is 2.31. The van der Waals surface area contributed by atoms with Crippen molar-refractivity contribution >= 4 is 18.0 Å². The van der Waals surface area contributed by atoms with Crippen molar-refractivity contribution in [2.24, 2.45) is 4.99 Å². The van der Waals surface area contributed by atoms with Crippen molar-refractivity contribution in [2.45, 2.75) is 59.7 Å². The van der Waals surface area contributed by atoms with Gasteiger partial charge < -0.3 is 19.5 Å². The Balaban J connectivity index is 5.42. The first-order valence-electron chi connectivity index (χ1n) is 7.60. The molecule has 0 aliphatic rings. The molecular weight excluding hydrogens is 314 g/mol. The molecule has 8 nitrogen and oxygen atoms in total. The molecule has 0 saturated heterocycles. The molecule has 0 fully saturated rings. The van der Waals surface area contributed by atoms with Gasteiger partial charge in [0.2, 0.25) is 11.8 Å². The number of hydrogen-bond acceptors (Lipinski definition) is 5. The van der Waals surface area contributed by atoms with E-state index in [1.807, 2.05) is 20.8 Å². The average molecular weight is 343 g/mol. The summed E-state index contributed by atoms with van der Waals surface area (Å²) in [5.74, 6) is -0.787. The molecule has 0 saturated carbocycles. The molecule has 0 radical (unpaired) electrons. The monoisotopic (exact) mass is 343 g/mol. The number of amides is 1. The fourth-order valence-electron chi connectivity index (χ4n) is 1.45. The molecule has 8 heteroatoms. The summed E-state index contributed by atoms with van der Waals surface area (Å²) < 4.78 is 10.8. The largest absolute Gasteiger partial charge is 0.480 e. The molecule has 0 aromatic heterocycles. The van der Waals surface area contributed by atoms with Gasteiger partial charge in [0.05, 0.1) is 0 Å². The Bertz CT molecular complexity index is 513. The third-order valence-corrected chi connectivity index (χ3v) is 2.22. The normalized spacial score (nSPS) is 13.3. The minimum atomic E-state index is -1.06. The molecule has 0 unspecified atom stereocenters. The summed E-state index contributed by atoms with van der Waals surface area (Å²) in [4.78, 5) is 28.4. The van der Waals surface area contributed by atoms with Crippen molar-refractivity contribution in [3.63, 3.8) is 0 Å². The molecule has 0 bridgehead atoms. The van der Waals surface area contributed by atoms with Crippen LogP contribution in [0.1, 0.15) is 48.5 Å². The van der Waals surface area contributed by atoms with Gasteiger partial charge in [-0.1, -0.05) is 0 Å². The van der Waals surface area contributed by atoms with Crippen LogP contribution in [0, 0.1) is 0 Å². The lowest BCUT2D eigenvalue weighted by molar-refractivity contribution is -0.137. The molecule has 0 spiro atoms. The second kappa shape index (κ2) is 8.56. The maximum Gasteiger partial charge on any atom is 0.414 e. The molecule has 0 aliphatic carbocycles. The van der Waals surface area contributed by atoms with Crippen LogP contribution in [0.15, 0.2) is 17.0 Å². The van der Waals surface area contributed by atoms with E-state index in [2.05, 4.69) is 10.3 Å². The van der Waals surface area contributed by atoms with Crippen molar-refractivity contribution in [3.05, 3.63) is 12.0 Å². The standard InChI is InChI=1S/C16H29N3O5/c1-9-11(23-15(2,3)4)17-13(19(8)10-12(20)21)18-14(22)24-16(5,6)7/h9H,10H2,1-8H3,(H,20,21)(H,17,18,22). The summed E-state index contributed by atoms with van der Waals surface area (Å²) in [6.45, 7) is 12.1. The van der Waals surface area contributed by atoms with E-state index in [0.717, 1.165) is 0 Å². The Morgan fingerprint density at radius 3 is 2.00 bits per heavy atom. The van der Waals surface area contributed by atoms with Crippen LogP contribution >= 0.6 is 0 Å². The van der Waals surface area contributed by atoms with Crippen molar-refractivity contribution in [2.75, 3.05) is 13.6 Å². The van der Waals surface area contributed by atoms with Gasteiger partial charge in [0.25, 0.3) is 0 Å². The van der Waals surface area contributed by atoms with Gasteiger partial charge in [-0.15, -0.1) is 0 Å². The van der Waals surface area contributed by atoms with Gasteiger partial charge in [-0.2, -0.15) is 4.99 Å². The summed E-state index contributed by atoms with van der Waals surface area (Å²) in [5, 5.41) is 11.4.